The summed E-state index contributed by atoms with van der Waals surface area (Å²) in [4.78, 5) is 15.7. The maximum Gasteiger partial charge on any atom is 0.254 e. The second-order valence-corrected chi connectivity index (χ2v) is 7.74. The summed E-state index contributed by atoms with van der Waals surface area (Å²) < 4.78 is 0. The summed E-state index contributed by atoms with van der Waals surface area (Å²) in [5.41, 5.74) is 2.91. The normalized spacial score (nSPS) is 16.6. The second-order valence-electron chi connectivity index (χ2n) is 6.83. The zero-order valence-corrected chi connectivity index (χ0v) is 15.4. The molecule has 134 valence electrons. The molecule has 0 spiro atoms. The fraction of sp³-hybridized carbons (Fsp3) is 0.300. The first kappa shape index (κ1) is 17.0. The largest absolute Gasteiger partial charge is 0.385 e. The van der Waals surface area contributed by atoms with E-state index in [9.17, 15) is 9.90 Å². The van der Waals surface area contributed by atoms with Gasteiger partial charge in [-0.25, -0.2) is 0 Å². The van der Waals surface area contributed by atoms with Gasteiger partial charge < -0.3 is 10.0 Å². The molecule has 26 heavy (non-hydrogen) atoms. The topological polar surface area (TPSA) is 69.2 Å². The van der Waals surface area contributed by atoms with Crippen molar-refractivity contribution in [3.05, 3.63) is 64.8 Å². The molecule has 1 saturated heterocycles. The number of H-pyrrole nitrogens is 1. The predicted octanol–water partition coefficient (Wildman–Crippen LogP) is 3.57. The Hall–Kier alpha value is -2.44. The van der Waals surface area contributed by atoms with E-state index in [-0.39, 0.29) is 5.91 Å². The maximum atomic E-state index is 12.8. The molecule has 5 nitrogen and oxygen atoms in total. The number of aromatic amines is 1. The van der Waals surface area contributed by atoms with Crippen LogP contribution in [0.5, 0.6) is 0 Å². The van der Waals surface area contributed by atoms with Crippen LogP contribution in [0, 0.1) is 6.92 Å². The molecule has 0 unspecified atom stereocenters. The van der Waals surface area contributed by atoms with Crippen LogP contribution >= 0.6 is 11.3 Å². The Kier molecular flexibility index (Phi) is 4.38. The van der Waals surface area contributed by atoms with Crippen molar-refractivity contribution in [2.24, 2.45) is 0 Å². The number of aromatic nitrogens is 2. The molecule has 0 atom stereocenters. The second kappa shape index (κ2) is 6.70. The van der Waals surface area contributed by atoms with Crippen LogP contribution in [0.4, 0.5) is 0 Å². The Morgan fingerprint density at radius 1 is 1.31 bits per heavy atom. The zero-order chi connectivity index (χ0) is 18.1. The number of nitrogens with zero attached hydrogens (tertiary/aromatic N) is 2. The summed E-state index contributed by atoms with van der Waals surface area (Å²) in [6, 6.07) is 9.87. The Morgan fingerprint density at radius 3 is 2.77 bits per heavy atom. The van der Waals surface area contributed by atoms with Gasteiger partial charge in [-0.3, -0.25) is 9.89 Å². The van der Waals surface area contributed by atoms with E-state index in [2.05, 4.69) is 10.2 Å². The number of carbonyl (C=O) groups is 1. The smallest absolute Gasteiger partial charge is 0.254 e. The molecule has 2 N–H and O–H groups in total. The number of hydrogen-bond acceptors (Lipinski definition) is 4. The molecular weight excluding hydrogens is 346 g/mol. The Morgan fingerprint density at radius 2 is 2.08 bits per heavy atom. The van der Waals surface area contributed by atoms with Gasteiger partial charge in [0.2, 0.25) is 0 Å². The number of thiophene rings is 1. The molecular formula is C20H21N3O2S. The van der Waals surface area contributed by atoms with E-state index < -0.39 is 5.60 Å². The molecule has 1 amide bonds. The van der Waals surface area contributed by atoms with E-state index in [0.29, 0.717) is 31.5 Å². The standard InChI is InChI=1S/C20H21N3O2S/c1-14-4-2-3-5-17(14)20(25)6-8-23(9-7-20)19(24)15-10-18(26-13-15)16-11-21-22-12-16/h2-5,10-13,25H,6-9H2,1H3,(H,21,22). The molecule has 0 saturated carbocycles. The Labute approximate surface area is 156 Å². The molecule has 0 radical (unpaired) electrons. The monoisotopic (exact) mass is 367 g/mol. The number of aliphatic hydroxyl groups is 1. The first-order valence-corrected chi connectivity index (χ1v) is 9.60. The van der Waals surface area contributed by atoms with Crippen molar-refractivity contribution in [2.75, 3.05) is 13.1 Å². The SMILES string of the molecule is Cc1ccccc1C1(O)CCN(C(=O)c2csc(-c3cn[nH]c3)c2)CC1. The van der Waals surface area contributed by atoms with Gasteiger partial charge >= 0.3 is 0 Å². The Bertz CT molecular complexity index is 909. The maximum absolute atomic E-state index is 12.8. The molecule has 1 fully saturated rings. The number of likely N-dealkylation sites (tertiary alicyclic amines) is 1. The minimum atomic E-state index is -0.848. The van der Waals surface area contributed by atoms with Gasteiger partial charge in [-0.1, -0.05) is 24.3 Å². The molecule has 2 aromatic heterocycles. The lowest BCUT2D eigenvalue weighted by Crippen LogP contribution is -2.45. The lowest BCUT2D eigenvalue weighted by molar-refractivity contribution is -0.0215. The molecule has 1 aliphatic heterocycles. The average molecular weight is 367 g/mol. The number of benzene rings is 1. The lowest BCUT2D eigenvalue weighted by Gasteiger charge is -2.39. The molecule has 4 rings (SSSR count). The minimum absolute atomic E-state index is 0.0304. The average Bonchev–Trinajstić information content (AvgIpc) is 3.33. The fourth-order valence-corrected chi connectivity index (χ4v) is 4.48. The first-order valence-electron chi connectivity index (χ1n) is 8.72. The van der Waals surface area contributed by atoms with Crippen LogP contribution in [0.2, 0.25) is 0 Å². The third-order valence-electron chi connectivity index (χ3n) is 5.15. The van der Waals surface area contributed by atoms with Crippen molar-refractivity contribution < 1.29 is 9.90 Å². The van der Waals surface area contributed by atoms with Gasteiger partial charge in [0.15, 0.2) is 0 Å². The van der Waals surface area contributed by atoms with E-state index in [1.165, 1.54) is 0 Å². The first-order chi connectivity index (χ1) is 12.6. The van der Waals surface area contributed by atoms with Crippen LogP contribution in [-0.2, 0) is 5.60 Å². The molecule has 0 bridgehead atoms. The van der Waals surface area contributed by atoms with Crippen LogP contribution in [0.3, 0.4) is 0 Å². The van der Waals surface area contributed by atoms with Crippen molar-refractivity contribution in [1.29, 1.82) is 0 Å². The highest BCUT2D eigenvalue weighted by Crippen LogP contribution is 2.35. The minimum Gasteiger partial charge on any atom is -0.385 e. The quantitative estimate of drug-likeness (QED) is 0.743. The van der Waals surface area contributed by atoms with E-state index in [1.807, 2.05) is 53.7 Å². The van der Waals surface area contributed by atoms with Gasteiger partial charge in [0.05, 0.1) is 17.4 Å². The lowest BCUT2D eigenvalue weighted by atomic mass is 9.82. The number of amides is 1. The molecule has 3 heterocycles. The third-order valence-corrected chi connectivity index (χ3v) is 6.13. The van der Waals surface area contributed by atoms with Gasteiger partial charge in [0.1, 0.15) is 0 Å². The van der Waals surface area contributed by atoms with Gasteiger partial charge in [-0.2, -0.15) is 5.10 Å². The number of piperidine rings is 1. The van der Waals surface area contributed by atoms with Gasteiger partial charge in [0, 0.05) is 35.1 Å². The van der Waals surface area contributed by atoms with Crippen molar-refractivity contribution >= 4 is 17.2 Å². The van der Waals surface area contributed by atoms with Crippen LogP contribution in [0.15, 0.2) is 48.1 Å². The van der Waals surface area contributed by atoms with Crippen molar-refractivity contribution in [3.8, 4) is 10.4 Å². The van der Waals surface area contributed by atoms with Gasteiger partial charge in [-0.15, -0.1) is 11.3 Å². The van der Waals surface area contributed by atoms with Gasteiger partial charge in [0.25, 0.3) is 5.91 Å². The summed E-state index contributed by atoms with van der Waals surface area (Å²) in [5.74, 6) is 0.0304. The van der Waals surface area contributed by atoms with Crippen LogP contribution in [0.25, 0.3) is 10.4 Å². The van der Waals surface area contributed by atoms with E-state index in [1.54, 1.807) is 17.5 Å². The van der Waals surface area contributed by atoms with Crippen molar-refractivity contribution in [1.82, 2.24) is 15.1 Å². The summed E-state index contributed by atoms with van der Waals surface area (Å²) in [7, 11) is 0. The third kappa shape index (κ3) is 3.06. The van der Waals surface area contributed by atoms with Crippen molar-refractivity contribution in [3.63, 3.8) is 0 Å². The van der Waals surface area contributed by atoms with E-state index in [4.69, 9.17) is 0 Å². The molecule has 0 aliphatic carbocycles. The van der Waals surface area contributed by atoms with E-state index in [0.717, 1.165) is 21.6 Å². The highest BCUT2D eigenvalue weighted by Gasteiger charge is 2.36. The van der Waals surface area contributed by atoms with Crippen LogP contribution < -0.4 is 0 Å². The number of nitrogens with one attached hydrogen (secondary N) is 1. The predicted molar refractivity (Wildman–Crippen MR) is 102 cm³/mol. The summed E-state index contributed by atoms with van der Waals surface area (Å²) in [6.45, 7) is 3.13. The summed E-state index contributed by atoms with van der Waals surface area (Å²) >= 11 is 1.54. The number of rotatable bonds is 3. The number of aryl methyl sites for hydroxylation is 1. The zero-order valence-electron chi connectivity index (χ0n) is 14.6. The highest BCUT2D eigenvalue weighted by molar-refractivity contribution is 7.13. The summed E-state index contributed by atoms with van der Waals surface area (Å²) in [6.07, 6.45) is 4.69. The molecule has 3 aromatic rings. The molecule has 6 heteroatoms. The van der Waals surface area contributed by atoms with Crippen LogP contribution in [-0.4, -0.2) is 39.2 Å². The number of carbonyl (C=O) groups excluding carboxylic acids is 1. The Balaban J connectivity index is 1.46. The fourth-order valence-electron chi connectivity index (χ4n) is 3.61. The molecule has 1 aromatic carbocycles. The van der Waals surface area contributed by atoms with Crippen molar-refractivity contribution in [2.45, 2.75) is 25.4 Å². The number of hydrogen-bond donors (Lipinski definition) is 2. The van der Waals surface area contributed by atoms with Crippen LogP contribution in [0.1, 0.15) is 34.3 Å². The highest BCUT2D eigenvalue weighted by atomic mass is 32.1. The van der Waals surface area contributed by atoms with Gasteiger partial charge in [-0.05, 0) is 37.0 Å². The summed E-state index contributed by atoms with van der Waals surface area (Å²) in [5, 5.41) is 19.7. The molecule has 1 aliphatic rings. The van der Waals surface area contributed by atoms with E-state index >= 15 is 0 Å².